The molecular formula is C28H22ClN3O6S2. The van der Waals surface area contributed by atoms with Gasteiger partial charge < -0.3 is 9.15 Å². The summed E-state index contributed by atoms with van der Waals surface area (Å²) in [6.45, 7) is 3.65. The van der Waals surface area contributed by atoms with Crippen LogP contribution in [0.4, 0.5) is 5.69 Å². The molecule has 0 N–H and O–H groups in total. The summed E-state index contributed by atoms with van der Waals surface area (Å²) < 4.78 is 13.1. The smallest absolute Gasteiger partial charge is 0.338 e. The lowest BCUT2D eigenvalue weighted by Gasteiger charge is -2.24. The van der Waals surface area contributed by atoms with Crippen LogP contribution in [0.25, 0.3) is 17.4 Å². The first-order chi connectivity index (χ1) is 19.2. The summed E-state index contributed by atoms with van der Waals surface area (Å²) in [4.78, 5) is 43.6. The summed E-state index contributed by atoms with van der Waals surface area (Å²) in [5.41, 5.74) is 1.45. The van der Waals surface area contributed by atoms with Gasteiger partial charge in [-0.15, -0.1) is 11.8 Å². The van der Waals surface area contributed by atoms with Crippen LogP contribution in [0.5, 0.6) is 0 Å². The van der Waals surface area contributed by atoms with Crippen molar-refractivity contribution in [2.75, 3.05) is 12.9 Å². The van der Waals surface area contributed by atoms with E-state index < -0.39 is 16.9 Å². The summed E-state index contributed by atoms with van der Waals surface area (Å²) in [5.74, 6) is 0.232. The Balaban J connectivity index is 1.61. The first-order valence-electron chi connectivity index (χ1n) is 12.1. The molecule has 5 rings (SSSR count). The van der Waals surface area contributed by atoms with Crippen molar-refractivity contribution in [2.45, 2.75) is 24.8 Å². The quantitative estimate of drug-likeness (QED) is 0.122. The number of hydrogen-bond donors (Lipinski definition) is 0. The fourth-order valence-corrected chi connectivity index (χ4v) is 6.04. The van der Waals surface area contributed by atoms with Crippen LogP contribution in [-0.2, 0) is 9.53 Å². The molecule has 3 heterocycles. The molecule has 1 atom stereocenters. The average Bonchev–Trinajstić information content (AvgIpc) is 3.52. The van der Waals surface area contributed by atoms with E-state index in [0.717, 1.165) is 10.5 Å². The molecule has 12 heteroatoms. The molecule has 2 aromatic carbocycles. The molecule has 1 aliphatic rings. The number of allylic oxidation sites excluding steroid dienone is 1. The van der Waals surface area contributed by atoms with E-state index in [1.54, 1.807) is 49.9 Å². The normalized spacial score (nSPS) is 15.1. The Morgan fingerprint density at radius 1 is 1.25 bits per heavy atom. The molecule has 204 valence electrons. The zero-order chi connectivity index (χ0) is 28.6. The Hall–Kier alpha value is -3.93. The largest absolute Gasteiger partial charge is 0.463 e. The highest BCUT2D eigenvalue weighted by atomic mass is 35.5. The molecule has 0 saturated carbocycles. The number of thioether (sulfide) groups is 1. The van der Waals surface area contributed by atoms with Crippen molar-refractivity contribution in [3.8, 4) is 11.3 Å². The van der Waals surface area contributed by atoms with Crippen molar-refractivity contribution in [2.24, 2.45) is 4.99 Å². The number of thiazole rings is 1. The lowest BCUT2D eigenvalue weighted by molar-refractivity contribution is -0.384. The van der Waals surface area contributed by atoms with Gasteiger partial charge >= 0.3 is 5.97 Å². The minimum absolute atomic E-state index is 0.0248. The second-order valence-electron chi connectivity index (χ2n) is 8.70. The highest BCUT2D eigenvalue weighted by molar-refractivity contribution is 7.98. The molecule has 4 aromatic rings. The summed E-state index contributed by atoms with van der Waals surface area (Å²) in [6, 6.07) is 14.7. The zero-order valence-electron chi connectivity index (χ0n) is 21.5. The van der Waals surface area contributed by atoms with Crippen molar-refractivity contribution in [1.82, 2.24) is 4.57 Å². The molecule has 0 amide bonds. The lowest BCUT2D eigenvalue weighted by Crippen LogP contribution is -2.39. The highest BCUT2D eigenvalue weighted by Crippen LogP contribution is 2.33. The Morgan fingerprint density at radius 2 is 2.00 bits per heavy atom. The van der Waals surface area contributed by atoms with Gasteiger partial charge in [0.25, 0.3) is 11.2 Å². The molecule has 1 aliphatic heterocycles. The van der Waals surface area contributed by atoms with Crippen LogP contribution in [0, 0.1) is 10.1 Å². The number of nitrogens with zero attached hydrogens (tertiary/aromatic N) is 3. The number of fused-ring (bicyclic) bond motifs is 1. The first-order valence-corrected chi connectivity index (χ1v) is 14.5. The van der Waals surface area contributed by atoms with Crippen molar-refractivity contribution < 1.29 is 18.9 Å². The maximum absolute atomic E-state index is 13.8. The van der Waals surface area contributed by atoms with Crippen molar-refractivity contribution >= 4 is 52.4 Å². The monoisotopic (exact) mass is 595 g/mol. The second kappa shape index (κ2) is 11.3. The van der Waals surface area contributed by atoms with E-state index in [1.165, 1.54) is 28.0 Å². The molecule has 0 unspecified atom stereocenters. The first kappa shape index (κ1) is 27.6. The summed E-state index contributed by atoms with van der Waals surface area (Å²) >= 11 is 8.70. The van der Waals surface area contributed by atoms with E-state index in [-0.39, 0.29) is 22.9 Å². The molecule has 0 fully saturated rings. The maximum Gasteiger partial charge on any atom is 0.338 e. The Morgan fingerprint density at radius 3 is 2.67 bits per heavy atom. The highest BCUT2D eigenvalue weighted by Gasteiger charge is 2.33. The van der Waals surface area contributed by atoms with Crippen molar-refractivity contribution in [3.05, 3.63) is 112 Å². The number of carbonyl (C=O) groups excluding carboxylic acids is 1. The van der Waals surface area contributed by atoms with Gasteiger partial charge in [0.1, 0.15) is 16.5 Å². The van der Waals surface area contributed by atoms with Gasteiger partial charge in [0.2, 0.25) is 0 Å². The van der Waals surface area contributed by atoms with Gasteiger partial charge in [0.15, 0.2) is 4.80 Å². The van der Waals surface area contributed by atoms with Crippen LogP contribution in [0.2, 0.25) is 5.02 Å². The number of nitro groups is 1. The van der Waals surface area contributed by atoms with Crippen LogP contribution >= 0.6 is 34.7 Å². The Labute approximate surface area is 241 Å². The van der Waals surface area contributed by atoms with Crippen molar-refractivity contribution in [3.63, 3.8) is 0 Å². The van der Waals surface area contributed by atoms with Gasteiger partial charge in [-0.05, 0) is 62.1 Å². The molecule has 0 radical (unpaired) electrons. The second-order valence-corrected chi connectivity index (χ2v) is 11.0. The SMILES string of the molecule is CCOC(=O)C1=C(C)N=c2s/c(=C\c3ccc(-c4ccc(Cl)c([N+](=O)[O-])c4)o3)c(=O)n2[C@@H]1c1ccc(SC)cc1. The van der Waals surface area contributed by atoms with E-state index >= 15 is 0 Å². The Bertz CT molecular complexity index is 1850. The number of furan rings is 1. The number of carbonyl (C=O) groups is 1. The average molecular weight is 596 g/mol. The maximum atomic E-state index is 13.8. The number of nitro benzene ring substituents is 1. The van der Waals surface area contributed by atoms with Gasteiger partial charge in [-0.25, -0.2) is 9.79 Å². The molecule has 9 nitrogen and oxygen atoms in total. The third-order valence-corrected chi connectivity index (χ3v) is 8.32. The van der Waals surface area contributed by atoms with Gasteiger partial charge in [0.05, 0.1) is 33.4 Å². The molecule has 2 aromatic heterocycles. The molecule has 40 heavy (non-hydrogen) atoms. The van der Waals surface area contributed by atoms with E-state index in [4.69, 9.17) is 20.8 Å². The fourth-order valence-electron chi connectivity index (χ4n) is 4.41. The summed E-state index contributed by atoms with van der Waals surface area (Å²) in [6.07, 6.45) is 3.56. The molecular weight excluding hydrogens is 574 g/mol. The number of hydrogen-bond acceptors (Lipinski definition) is 9. The summed E-state index contributed by atoms with van der Waals surface area (Å²) in [7, 11) is 0. The molecule has 0 bridgehead atoms. The number of esters is 1. The number of rotatable bonds is 7. The number of halogens is 1. The van der Waals surface area contributed by atoms with Gasteiger partial charge in [-0.3, -0.25) is 19.5 Å². The Kier molecular flexibility index (Phi) is 7.79. The van der Waals surface area contributed by atoms with E-state index in [2.05, 4.69) is 4.99 Å². The minimum Gasteiger partial charge on any atom is -0.463 e. The predicted octanol–water partition coefficient (Wildman–Crippen LogP) is 5.34. The molecule has 0 spiro atoms. The van der Waals surface area contributed by atoms with Gasteiger partial charge in [-0.2, -0.15) is 0 Å². The molecule has 0 saturated heterocycles. The lowest BCUT2D eigenvalue weighted by atomic mass is 9.96. The third-order valence-electron chi connectivity index (χ3n) is 6.28. The van der Waals surface area contributed by atoms with Crippen LogP contribution in [0.15, 0.2) is 85.0 Å². The topological polar surface area (TPSA) is 117 Å². The minimum atomic E-state index is -0.713. The van der Waals surface area contributed by atoms with Gasteiger partial charge in [0, 0.05) is 22.6 Å². The van der Waals surface area contributed by atoms with E-state index in [0.29, 0.717) is 37.7 Å². The standard InChI is InChI=1S/C28H22ClN3O6S2/c1-4-37-27(34)24-15(2)30-28-31(25(24)16-5-9-19(39-3)10-6-16)26(33)23(40-28)14-18-8-12-22(38-18)17-7-11-20(29)21(13-17)32(35)36/h5-14,25H,4H2,1-3H3/b23-14-/t25-/m1/s1. The zero-order valence-corrected chi connectivity index (χ0v) is 23.9. The van der Waals surface area contributed by atoms with Crippen LogP contribution in [0.1, 0.15) is 31.2 Å². The fraction of sp³-hybridized carbons (Fsp3) is 0.179. The predicted molar refractivity (Wildman–Crippen MR) is 154 cm³/mol. The van der Waals surface area contributed by atoms with Crippen LogP contribution < -0.4 is 14.9 Å². The molecule has 0 aliphatic carbocycles. The van der Waals surface area contributed by atoms with Crippen LogP contribution in [0.3, 0.4) is 0 Å². The van der Waals surface area contributed by atoms with Gasteiger partial charge in [-0.1, -0.05) is 35.1 Å². The number of benzene rings is 2. The van der Waals surface area contributed by atoms with E-state index in [9.17, 15) is 19.7 Å². The third kappa shape index (κ3) is 5.15. The summed E-state index contributed by atoms with van der Waals surface area (Å²) in [5, 5.41) is 11.3. The van der Waals surface area contributed by atoms with Crippen LogP contribution in [-0.4, -0.2) is 28.3 Å². The van der Waals surface area contributed by atoms with Crippen molar-refractivity contribution in [1.29, 1.82) is 0 Å². The number of aromatic nitrogens is 1. The number of ether oxygens (including phenoxy) is 1. The van der Waals surface area contributed by atoms with E-state index in [1.807, 2.05) is 30.5 Å².